The first-order valence-corrected chi connectivity index (χ1v) is 7.88. The third-order valence-electron chi connectivity index (χ3n) is 2.74. The Balaban J connectivity index is 2.26. The van der Waals surface area contributed by atoms with Crippen molar-refractivity contribution >= 4 is 27.3 Å². The molecule has 2 rings (SSSR count). The molecule has 0 aliphatic heterocycles. The minimum absolute atomic E-state index is 0.290. The summed E-state index contributed by atoms with van der Waals surface area (Å²) >= 11 is 0. The second kappa shape index (κ2) is 5.46. The third-order valence-corrected chi connectivity index (χ3v) is 3.87. The fourth-order valence-corrected chi connectivity index (χ4v) is 2.24. The van der Waals surface area contributed by atoms with Gasteiger partial charge in [-0.15, -0.1) is 0 Å². The molecule has 1 aromatic carbocycles. The smallest absolute Gasteiger partial charge is 0.224 e. The van der Waals surface area contributed by atoms with Gasteiger partial charge in [0.05, 0.1) is 4.90 Å². The van der Waals surface area contributed by atoms with Crippen LogP contribution in [0.5, 0.6) is 0 Å². The lowest BCUT2D eigenvalue weighted by molar-refractivity contribution is 0.602. The average Bonchev–Trinajstić information content (AvgIpc) is 2.41. The Bertz CT molecular complexity index is 712. The van der Waals surface area contributed by atoms with Crippen LogP contribution in [-0.4, -0.2) is 31.7 Å². The Morgan fingerprint density at radius 3 is 2.35 bits per heavy atom. The Labute approximate surface area is 118 Å². The Morgan fingerprint density at radius 2 is 1.80 bits per heavy atom. The van der Waals surface area contributed by atoms with Gasteiger partial charge < -0.3 is 10.6 Å². The fraction of sp³-hybridized carbons (Fsp3) is 0.231. The normalized spacial score (nSPS) is 11.2. The molecule has 0 aliphatic carbocycles. The highest BCUT2D eigenvalue weighted by Crippen LogP contribution is 2.20. The Hall–Kier alpha value is -2.15. The van der Waals surface area contributed by atoms with Crippen molar-refractivity contribution in [1.29, 1.82) is 0 Å². The van der Waals surface area contributed by atoms with Crippen LogP contribution in [-0.2, 0) is 9.84 Å². The van der Waals surface area contributed by atoms with Crippen LogP contribution in [0.3, 0.4) is 0 Å². The summed E-state index contributed by atoms with van der Waals surface area (Å²) in [5, 5.41) is 6.01. The van der Waals surface area contributed by atoms with Crippen LogP contribution in [0.25, 0.3) is 0 Å². The molecule has 7 heteroatoms. The lowest BCUT2D eigenvalue weighted by Gasteiger charge is -2.10. The minimum atomic E-state index is -3.17. The van der Waals surface area contributed by atoms with Gasteiger partial charge in [0.2, 0.25) is 5.95 Å². The summed E-state index contributed by atoms with van der Waals surface area (Å²) in [6.45, 7) is 1.90. The molecule has 0 fully saturated rings. The first-order chi connectivity index (χ1) is 9.40. The van der Waals surface area contributed by atoms with Crippen molar-refractivity contribution in [2.75, 3.05) is 23.9 Å². The summed E-state index contributed by atoms with van der Waals surface area (Å²) in [6, 6.07) is 6.54. The average molecular weight is 292 g/mol. The zero-order chi connectivity index (χ0) is 14.8. The van der Waals surface area contributed by atoms with Crippen LogP contribution in [0.1, 0.15) is 5.56 Å². The molecule has 0 atom stereocenters. The predicted molar refractivity (Wildman–Crippen MR) is 79.2 cm³/mol. The maximum atomic E-state index is 11.4. The van der Waals surface area contributed by atoms with Crippen LogP contribution in [0, 0.1) is 6.92 Å². The molecule has 106 valence electrons. The van der Waals surface area contributed by atoms with Gasteiger partial charge in [-0.2, -0.15) is 4.98 Å². The van der Waals surface area contributed by atoms with Crippen molar-refractivity contribution in [3.8, 4) is 0 Å². The zero-order valence-corrected chi connectivity index (χ0v) is 12.3. The molecule has 0 spiro atoms. The first-order valence-electron chi connectivity index (χ1n) is 5.98. The van der Waals surface area contributed by atoms with Gasteiger partial charge in [0.1, 0.15) is 5.82 Å². The maximum Gasteiger partial charge on any atom is 0.224 e. The molecule has 0 unspecified atom stereocenters. The molecule has 2 aromatic rings. The van der Waals surface area contributed by atoms with Crippen molar-refractivity contribution in [2.24, 2.45) is 0 Å². The molecule has 1 heterocycles. The second-order valence-electron chi connectivity index (χ2n) is 4.40. The number of aromatic nitrogens is 2. The summed E-state index contributed by atoms with van der Waals surface area (Å²) in [5.74, 6) is 1.20. The highest BCUT2D eigenvalue weighted by molar-refractivity contribution is 7.90. The van der Waals surface area contributed by atoms with Crippen LogP contribution in [0.4, 0.5) is 17.5 Å². The highest BCUT2D eigenvalue weighted by atomic mass is 32.2. The number of sulfone groups is 1. The number of rotatable bonds is 4. The molecule has 1 aromatic heterocycles. The predicted octanol–water partition coefficient (Wildman–Crippen LogP) is 1.97. The van der Waals surface area contributed by atoms with Crippen molar-refractivity contribution in [3.63, 3.8) is 0 Å². The SMILES string of the molecule is CNc1ncc(C)c(Nc2ccc(S(C)(=O)=O)cc2)n1. The number of aryl methyl sites for hydroxylation is 1. The summed E-state index contributed by atoms with van der Waals surface area (Å²) in [4.78, 5) is 8.70. The van der Waals surface area contributed by atoms with E-state index in [4.69, 9.17) is 0 Å². The molecule has 0 radical (unpaired) electrons. The van der Waals surface area contributed by atoms with Gasteiger partial charge in [0.25, 0.3) is 0 Å². The summed E-state index contributed by atoms with van der Waals surface area (Å²) in [5.41, 5.74) is 1.66. The van der Waals surface area contributed by atoms with E-state index in [1.165, 1.54) is 6.26 Å². The van der Waals surface area contributed by atoms with E-state index in [9.17, 15) is 8.42 Å². The van der Waals surface area contributed by atoms with E-state index in [-0.39, 0.29) is 0 Å². The van der Waals surface area contributed by atoms with Crippen LogP contribution in [0.15, 0.2) is 35.4 Å². The fourth-order valence-electron chi connectivity index (χ4n) is 1.61. The van der Waals surface area contributed by atoms with Gasteiger partial charge in [0, 0.05) is 30.8 Å². The standard InChI is InChI=1S/C13H16N4O2S/c1-9-8-15-13(14-2)17-12(9)16-10-4-6-11(7-5-10)20(3,18)19/h4-8H,1-3H3,(H2,14,15,16,17). The molecule has 0 saturated heterocycles. The summed E-state index contributed by atoms with van der Waals surface area (Å²) in [7, 11) is -1.43. The second-order valence-corrected chi connectivity index (χ2v) is 6.41. The van der Waals surface area contributed by atoms with Crippen molar-refractivity contribution in [3.05, 3.63) is 36.0 Å². The lowest BCUT2D eigenvalue weighted by atomic mass is 10.3. The number of nitrogens with zero attached hydrogens (tertiary/aromatic N) is 2. The summed E-state index contributed by atoms with van der Waals surface area (Å²) < 4.78 is 22.8. The molecule has 6 nitrogen and oxygen atoms in total. The van der Waals surface area contributed by atoms with Crippen molar-refractivity contribution in [2.45, 2.75) is 11.8 Å². The van der Waals surface area contributed by atoms with Crippen molar-refractivity contribution < 1.29 is 8.42 Å². The van der Waals surface area contributed by atoms with Crippen LogP contribution < -0.4 is 10.6 Å². The Morgan fingerprint density at radius 1 is 1.15 bits per heavy atom. The topological polar surface area (TPSA) is 84.0 Å². The van der Waals surface area contributed by atoms with Crippen LogP contribution >= 0.6 is 0 Å². The van der Waals surface area contributed by atoms with Gasteiger partial charge in [0.15, 0.2) is 9.84 Å². The number of hydrogen-bond acceptors (Lipinski definition) is 6. The Kier molecular flexibility index (Phi) is 3.89. The molecule has 0 amide bonds. The number of hydrogen-bond donors (Lipinski definition) is 2. The van der Waals surface area contributed by atoms with Gasteiger partial charge in [-0.3, -0.25) is 0 Å². The first kappa shape index (κ1) is 14.3. The maximum absolute atomic E-state index is 11.4. The number of anilines is 3. The molecule has 0 aliphatic rings. The van der Waals surface area contributed by atoms with Gasteiger partial charge in [-0.25, -0.2) is 13.4 Å². The van der Waals surface area contributed by atoms with E-state index in [2.05, 4.69) is 20.6 Å². The van der Waals surface area contributed by atoms with Gasteiger partial charge in [-0.05, 0) is 31.2 Å². The molecule has 20 heavy (non-hydrogen) atoms. The van der Waals surface area contributed by atoms with E-state index in [1.807, 2.05) is 6.92 Å². The zero-order valence-electron chi connectivity index (χ0n) is 11.5. The van der Waals surface area contributed by atoms with E-state index < -0.39 is 9.84 Å². The number of benzene rings is 1. The molecule has 2 N–H and O–H groups in total. The monoisotopic (exact) mass is 292 g/mol. The minimum Gasteiger partial charge on any atom is -0.357 e. The third kappa shape index (κ3) is 3.24. The van der Waals surface area contributed by atoms with E-state index in [1.54, 1.807) is 37.5 Å². The molecule has 0 saturated carbocycles. The van der Waals surface area contributed by atoms with Crippen LogP contribution in [0.2, 0.25) is 0 Å². The molecular formula is C13H16N4O2S. The highest BCUT2D eigenvalue weighted by Gasteiger charge is 2.07. The van der Waals surface area contributed by atoms with E-state index in [0.717, 1.165) is 11.3 Å². The lowest BCUT2D eigenvalue weighted by Crippen LogP contribution is -2.03. The molecular weight excluding hydrogens is 276 g/mol. The van der Waals surface area contributed by atoms with Gasteiger partial charge >= 0.3 is 0 Å². The van der Waals surface area contributed by atoms with Crippen molar-refractivity contribution in [1.82, 2.24) is 9.97 Å². The van der Waals surface area contributed by atoms with E-state index in [0.29, 0.717) is 16.7 Å². The largest absolute Gasteiger partial charge is 0.357 e. The number of nitrogens with one attached hydrogen (secondary N) is 2. The van der Waals surface area contributed by atoms with E-state index >= 15 is 0 Å². The summed E-state index contributed by atoms with van der Waals surface area (Å²) in [6.07, 6.45) is 2.90. The molecule has 0 bridgehead atoms. The van der Waals surface area contributed by atoms with Gasteiger partial charge in [-0.1, -0.05) is 0 Å². The quantitative estimate of drug-likeness (QED) is 0.896.